The van der Waals surface area contributed by atoms with E-state index in [1.54, 1.807) is 12.1 Å². The fourth-order valence-electron chi connectivity index (χ4n) is 2.23. The van der Waals surface area contributed by atoms with Gasteiger partial charge in [-0.15, -0.1) is 0 Å². The van der Waals surface area contributed by atoms with Gasteiger partial charge in [-0.1, -0.05) is 23.2 Å². The van der Waals surface area contributed by atoms with Crippen molar-refractivity contribution in [3.8, 4) is 0 Å². The first-order valence-electron chi connectivity index (χ1n) is 5.67. The van der Waals surface area contributed by atoms with Gasteiger partial charge < -0.3 is 9.73 Å². The minimum absolute atomic E-state index is 0.524. The Kier molecular flexibility index (Phi) is 2.99. The Balaban J connectivity index is 1.93. The van der Waals surface area contributed by atoms with E-state index >= 15 is 0 Å². The number of hydrogen-bond donors (Lipinski definition) is 1. The number of nitrogens with one attached hydrogen (secondary N) is 1. The summed E-state index contributed by atoms with van der Waals surface area (Å²) >= 11 is 12.0. The first kappa shape index (κ1) is 11.3. The summed E-state index contributed by atoms with van der Waals surface area (Å²) in [6.45, 7) is 2.12. The van der Waals surface area contributed by atoms with Gasteiger partial charge in [0, 0.05) is 11.4 Å². The van der Waals surface area contributed by atoms with Crippen molar-refractivity contribution in [3.05, 3.63) is 28.1 Å². The number of benzene rings is 1. The first-order valence-corrected chi connectivity index (χ1v) is 6.43. The summed E-state index contributed by atoms with van der Waals surface area (Å²) < 4.78 is 5.69. The molecule has 5 heteroatoms. The van der Waals surface area contributed by atoms with Gasteiger partial charge in [0.25, 0.3) is 0 Å². The van der Waals surface area contributed by atoms with Crippen LogP contribution in [0.3, 0.4) is 0 Å². The van der Waals surface area contributed by atoms with Crippen molar-refractivity contribution in [1.82, 2.24) is 10.3 Å². The molecule has 3 rings (SSSR count). The van der Waals surface area contributed by atoms with Crippen LogP contribution in [0, 0.1) is 5.92 Å². The van der Waals surface area contributed by atoms with E-state index in [2.05, 4.69) is 10.3 Å². The average molecular weight is 271 g/mol. The van der Waals surface area contributed by atoms with E-state index in [4.69, 9.17) is 27.6 Å². The van der Waals surface area contributed by atoms with Crippen LogP contribution in [0.1, 0.15) is 12.3 Å². The zero-order chi connectivity index (χ0) is 11.8. The van der Waals surface area contributed by atoms with Gasteiger partial charge in [-0.2, -0.15) is 0 Å². The molecule has 0 saturated carbocycles. The summed E-state index contributed by atoms with van der Waals surface area (Å²) in [7, 11) is 0. The SMILES string of the molecule is Clc1cc(Cl)c2oc(CC3CCNC3)nc2c1. The van der Waals surface area contributed by atoms with Gasteiger partial charge in [0.05, 0.1) is 5.02 Å². The third kappa shape index (κ3) is 2.28. The summed E-state index contributed by atoms with van der Waals surface area (Å²) in [5.41, 5.74) is 1.38. The molecule has 90 valence electrons. The molecule has 1 fully saturated rings. The van der Waals surface area contributed by atoms with E-state index in [1.807, 2.05) is 0 Å². The van der Waals surface area contributed by atoms with Gasteiger partial charge >= 0.3 is 0 Å². The van der Waals surface area contributed by atoms with Crippen molar-refractivity contribution in [2.24, 2.45) is 5.92 Å². The lowest BCUT2D eigenvalue weighted by molar-refractivity contribution is 0.463. The summed E-state index contributed by atoms with van der Waals surface area (Å²) in [5, 5.41) is 4.44. The summed E-state index contributed by atoms with van der Waals surface area (Å²) in [5.74, 6) is 1.36. The molecule has 17 heavy (non-hydrogen) atoms. The number of hydrogen-bond acceptors (Lipinski definition) is 3. The molecule has 1 aliphatic rings. The molecule has 1 aromatic carbocycles. The van der Waals surface area contributed by atoms with Crippen LogP contribution in [0.25, 0.3) is 11.1 Å². The minimum atomic E-state index is 0.524. The molecule has 2 heterocycles. The smallest absolute Gasteiger partial charge is 0.195 e. The second-order valence-corrected chi connectivity index (χ2v) is 5.25. The number of nitrogens with zero attached hydrogens (tertiary/aromatic N) is 1. The second-order valence-electron chi connectivity index (χ2n) is 4.41. The molecule has 1 unspecified atom stereocenters. The van der Waals surface area contributed by atoms with E-state index < -0.39 is 0 Å². The second kappa shape index (κ2) is 4.48. The third-order valence-electron chi connectivity index (χ3n) is 3.08. The lowest BCUT2D eigenvalue weighted by atomic mass is 10.1. The zero-order valence-electron chi connectivity index (χ0n) is 9.17. The molecule has 1 atom stereocenters. The predicted octanol–water partition coefficient (Wildman–Crippen LogP) is 3.29. The molecule has 0 spiro atoms. The largest absolute Gasteiger partial charge is 0.439 e. The van der Waals surface area contributed by atoms with Crippen molar-refractivity contribution < 1.29 is 4.42 Å². The average Bonchev–Trinajstić information content (AvgIpc) is 2.87. The van der Waals surface area contributed by atoms with Crippen LogP contribution in [-0.4, -0.2) is 18.1 Å². The maximum atomic E-state index is 6.06. The number of fused-ring (bicyclic) bond motifs is 1. The molecule has 1 aliphatic heterocycles. The van der Waals surface area contributed by atoms with Gasteiger partial charge in [0.2, 0.25) is 0 Å². The van der Waals surface area contributed by atoms with E-state index in [9.17, 15) is 0 Å². The summed E-state index contributed by atoms with van der Waals surface area (Å²) in [6, 6.07) is 3.46. The number of aromatic nitrogens is 1. The number of halogens is 2. The van der Waals surface area contributed by atoms with E-state index in [1.165, 1.54) is 6.42 Å². The zero-order valence-corrected chi connectivity index (χ0v) is 10.7. The van der Waals surface area contributed by atoms with Crippen molar-refractivity contribution in [1.29, 1.82) is 0 Å². The van der Waals surface area contributed by atoms with Crippen molar-refractivity contribution in [2.45, 2.75) is 12.8 Å². The minimum Gasteiger partial charge on any atom is -0.439 e. The van der Waals surface area contributed by atoms with Crippen LogP contribution in [-0.2, 0) is 6.42 Å². The highest BCUT2D eigenvalue weighted by Crippen LogP contribution is 2.29. The molecule has 3 nitrogen and oxygen atoms in total. The quantitative estimate of drug-likeness (QED) is 0.910. The highest BCUT2D eigenvalue weighted by Gasteiger charge is 2.18. The monoisotopic (exact) mass is 270 g/mol. The van der Waals surface area contributed by atoms with Crippen LogP contribution >= 0.6 is 23.2 Å². The Bertz CT molecular complexity index is 547. The topological polar surface area (TPSA) is 38.1 Å². The van der Waals surface area contributed by atoms with Crippen LogP contribution in [0.15, 0.2) is 16.5 Å². The Labute approximate surface area is 109 Å². The lowest BCUT2D eigenvalue weighted by Crippen LogP contribution is -2.10. The maximum Gasteiger partial charge on any atom is 0.195 e. The van der Waals surface area contributed by atoms with Crippen molar-refractivity contribution in [3.63, 3.8) is 0 Å². The number of rotatable bonds is 2. The van der Waals surface area contributed by atoms with Crippen LogP contribution in [0.5, 0.6) is 0 Å². The molecular weight excluding hydrogens is 259 g/mol. The molecule has 0 radical (unpaired) electrons. The van der Waals surface area contributed by atoms with Crippen LogP contribution in [0.4, 0.5) is 0 Å². The van der Waals surface area contributed by atoms with Gasteiger partial charge in [0.15, 0.2) is 11.5 Å². The van der Waals surface area contributed by atoms with Crippen LogP contribution in [0.2, 0.25) is 10.0 Å². The fourth-order valence-corrected chi connectivity index (χ4v) is 2.75. The third-order valence-corrected chi connectivity index (χ3v) is 3.58. The molecule has 0 aliphatic carbocycles. The Morgan fingerprint density at radius 2 is 2.29 bits per heavy atom. The summed E-state index contributed by atoms with van der Waals surface area (Å²) in [6.07, 6.45) is 2.03. The molecular formula is C12H12Cl2N2O. The van der Waals surface area contributed by atoms with Gasteiger partial charge in [-0.25, -0.2) is 4.98 Å². The highest BCUT2D eigenvalue weighted by atomic mass is 35.5. The van der Waals surface area contributed by atoms with E-state index in [0.29, 0.717) is 21.5 Å². The summed E-state index contributed by atoms with van der Waals surface area (Å²) in [4.78, 5) is 4.43. The highest BCUT2D eigenvalue weighted by molar-refractivity contribution is 6.37. The van der Waals surface area contributed by atoms with Gasteiger partial charge in [-0.05, 0) is 37.6 Å². The number of oxazole rings is 1. The molecule has 1 aromatic heterocycles. The Morgan fingerprint density at radius 1 is 1.41 bits per heavy atom. The fraction of sp³-hybridized carbons (Fsp3) is 0.417. The molecule has 2 aromatic rings. The molecule has 0 amide bonds. The van der Waals surface area contributed by atoms with E-state index in [-0.39, 0.29) is 0 Å². The standard InChI is InChI=1S/C12H12Cl2N2O/c13-8-4-9(14)12-10(5-8)16-11(17-12)3-7-1-2-15-6-7/h4-5,7,15H,1-3,6H2. The maximum absolute atomic E-state index is 6.06. The van der Waals surface area contributed by atoms with Crippen LogP contribution < -0.4 is 5.32 Å². The molecule has 1 saturated heterocycles. The van der Waals surface area contributed by atoms with Crippen molar-refractivity contribution >= 4 is 34.3 Å². The molecule has 0 bridgehead atoms. The Hall–Kier alpha value is -0.770. The first-order chi connectivity index (χ1) is 8.22. The molecule has 1 N–H and O–H groups in total. The normalized spacial score (nSPS) is 20.2. The Morgan fingerprint density at radius 3 is 3.06 bits per heavy atom. The predicted molar refractivity (Wildman–Crippen MR) is 68.7 cm³/mol. The lowest BCUT2D eigenvalue weighted by Gasteiger charge is -2.02. The van der Waals surface area contributed by atoms with E-state index in [0.717, 1.165) is 30.9 Å². The van der Waals surface area contributed by atoms with Gasteiger partial charge in [-0.3, -0.25) is 0 Å². The van der Waals surface area contributed by atoms with Gasteiger partial charge in [0.1, 0.15) is 5.52 Å². The van der Waals surface area contributed by atoms with Crippen molar-refractivity contribution in [2.75, 3.05) is 13.1 Å².